The number of carbonyl (C=O) groups is 1. The Hall–Kier alpha value is -1.57. The lowest BCUT2D eigenvalue weighted by molar-refractivity contribution is -0.276. The number of pyridine rings is 1. The summed E-state index contributed by atoms with van der Waals surface area (Å²) in [5.74, 6) is -3.82. The summed E-state index contributed by atoms with van der Waals surface area (Å²) in [6.07, 6.45) is -5.03. The first-order valence-electron chi connectivity index (χ1n) is 4.38. The van der Waals surface area contributed by atoms with Crippen molar-refractivity contribution >= 4 is 17.6 Å². The monoisotopic (exact) mass is 287 g/mol. The van der Waals surface area contributed by atoms with Gasteiger partial charge in [-0.2, -0.15) is 0 Å². The molecule has 100 valence electrons. The zero-order chi connectivity index (χ0) is 13.9. The number of ether oxygens (including phenoxy) is 2. The Kier molecular flexibility index (Phi) is 4.33. The SMILES string of the molecule is COC(=O)c1nc(OC(F)(F)F)c(CCl)cc1F. The fourth-order valence-electron chi connectivity index (χ4n) is 1.04. The van der Waals surface area contributed by atoms with Crippen LogP contribution in [-0.2, 0) is 10.6 Å². The summed E-state index contributed by atoms with van der Waals surface area (Å²) in [7, 11) is 0.934. The van der Waals surface area contributed by atoms with Crippen molar-refractivity contribution in [2.75, 3.05) is 7.11 Å². The number of aromatic nitrogens is 1. The van der Waals surface area contributed by atoms with E-state index in [4.69, 9.17) is 11.6 Å². The van der Waals surface area contributed by atoms with Crippen LogP contribution in [0, 0.1) is 5.82 Å². The average Bonchev–Trinajstić information content (AvgIpc) is 2.28. The summed E-state index contributed by atoms with van der Waals surface area (Å²) in [6, 6.07) is 0.632. The van der Waals surface area contributed by atoms with E-state index in [1.807, 2.05) is 0 Å². The van der Waals surface area contributed by atoms with Gasteiger partial charge in [0.05, 0.1) is 13.0 Å². The number of halogens is 5. The minimum Gasteiger partial charge on any atom is -0.464 e. The van der Waals surface area contributed by atoms with Gasteiger partial charge >= 0.3 is 12.3 Å². The summed E-state index contributed by atoms with van der Waals surface area (Å²) in [4.78, 5) is 14.2. The molecule has 0 saturated heterocycles. The molecule has 1 rings (SSSR count). The number of nitrogens with zero attached hydrogens (tertiary/aromatic N) is 1. The predicted octanol–water partition coefficient (Wildman–Crippen LogP) is 2.64. The lowest BCUT2D eigenvalue weighted by atomic mass is 10.2. The van der Waals surface area contributed by atoms with Crippen LogP contribution in [0.4, 0.5) is 17.6 Å². The van der Waals surface area contributed by atoms with Crippen LogP contribution in [0.3, 0.4) is 0 Å². The van der Waals surface area contributed by atoms with Crippen LogP contribution < -0.4 is 4.74 Å². The van der Waals surface area contributed by atoms with Gasteiger partial charge in [0.25, 0.3) is 0 Å². The molecular formula is C9H6ClF4NO3. The lowest BCUT2D eigenvalue weighted by Gasteiger charge is -2.12. The maximum atomic E-state index is 13.3. The minimum absolute atomic E-state index is 0.334. The minimum atomic E-state index is -5.03. The van der Waals surface area contributed by atoms with E-state index in [9.17, 15) is 22.4 Å². The third-order valence-electron chi connectivity index (χ3n) is 1.75. The van der Waals surface area contributed by atoms with Gasteiger partial charge in [-0.25, -0.2) is 14.2 Å². The molecule has 1 aromatic heterocycles. The van der Waals surface area contributed by atoms with Crippen molar-refractivity contribution < 1.29 is 31.8 Å². The normalized spacial score (nSPS) is 11.2. The Balaban J connectivity index is 3.26. The molecule has 0 aliphatic rings. The van der Waals surface area contributed by atoms with Gasteiger partial charge < -0.3 is 9.47 Å². The van der Waals surface area contributed by atoms with Gasteiger partial charge in [-0.05, 0) is 6.07 Å². The highest BCUT2D eigenvalue weighted by Gasteiger charge is 2.34. The zero-order valence-corrected chi connectivity index (χ0v) is 9.60. The van der Waals surface area contributed by atoms with E-state index in [2.05, 4.69) is 14.5 Å². The molecule has 0 atom stereocenters. The van der Waals surface area contributed by atoms with Crippen LogP contribution in [0.1, 0.15) is 16.1 Å². The Bertz CT molecular complexity index is 464. The number of hydrogen-bond donors (Lipinski definition) is 0. The highest BCUT2D eigenvalue weighted by Crippen LogP contribution is 2.27. The number of alkyl halides is 4. The van der Waals surface area contributed by atoms with Crippen LogP contribution >= 0.6 is 11.6 Å². The highest BCUT2D eigenvalue weighted by atomic mass is 35.5. The fourth-order valence-corrected chi connectivity index (χ4v) is 1.23. The predicted molar refractivity (Wildman–Crippen MR) is 51.8 cm³/mol. The lowest BCUT2D eigenvalue weighted by Crippen LogP contribution is -2.20. The average molecular weight is 288 g/mol. The Morgan fingerprint density at radius 2 is 2.11 bits per heavy atom. The molecule has 0 bridgehead atoms. The van der Waals surface area contributed by atoms with E-state index in [-0.39, 0.29) is 5.56 Å². The summed E-state index contributed by atoms with van der Waals surface area (Å²) in [5.41, 5.74) is -1.25. The molecule has 0 radical (unpaired) electrons. The van der Waals surface area contributed by atoms with Crippen LogP contribution in [0.5, 0.6) is 5.88 Å². The Morgan fingerprint density at radius 1 is 1.50 bits per heavy atom. The Morgan fingerprint density at radius 3 is 2.56 bits per heavy atom. The van der Waals surface area contributed by atoms with Gasteiger partial charge in [0, 0.05) is 5.56 Å². The molecule has 0 spiro atoms. The fraction of sp³-hybridized carbons (Fsp3) is 0.333. The standard InChI is InChI=1S/C9H6ClF4NO3/c1-17-8(16)6-5(11)2-4(3-10)7(15-6)18-9(12,13)14/h2H,3H2,1H3. The van der Waals surface area contributed by atoms with Gasteiger partial charge in [0.15, 0.2) is 11.5 Å². The molecule has 0 aromatic carbocycles. The summed E-state index contributed by atoms with van der Waals surface area (Å²) in [6.45, 7) is 0. The first-order chi connectivity index (χ1) is 8.28. The number of carbonyl (C=O) groups excluding carboxylic acids is 1. The first-order valence-corrected chi connectivity index (χ1v) is 4.91. The molecule has 0 aliphatic carbocycles. The molecule has 0 saturated carbocycles. The van der Waals surface area contributed by atoms with Crippen LogP contribution in [0.15, 0.2) is 6.07 Å². The van der Waals surface area contributed by atoms with E-state index in [1.165, 1.54) is 0 Å². The second-order valence-electron chi connectivity index (χ2n) is 2.96. The molecule has 18 heavy (non-hydrogen) atoms. The highest BCUT2D eigenvalue weighted by molar-refractivity contribution is 6.17. The van der Waals surface area contributed by atoms with Crippen molar-refractivity contribution in [3.63, 3.8) is 0 Å². The van der Waals surface area contributed by atoms with Crippen molar-refractivity contribution in [2.24, 2.45) is 0 Å². The third kappa shape index (κ3) is 3.46. The topological polar surface area (TPSA) is 48.4 Å². The summed E-state index contributed by atoms with van der Waals surface area (Å²) in [5, 5.41) is 0. The van der Waals surface area contributed by atoms with E-state index in [1.54, 1.807) is 0 Å². The smallest absolute Gasteiger partial charge is 0.464 e. The van der Waals surface area contributed by atoms with Gasteiger partial charge in [0.2, 0.25) is 5.88 Å². The quantitative estimate of drug-likeness (QED) is 0.487. The number of rotatable bonds is 3. The van der Waals surface area contributed by atoms with Crippen molar-refractivity contribution in [1.82, 2.24) is 4.98 Å². The molecule has 0 fully saturated rings. The van der Waals surface area contributed by atoms with Crippen molar-refractivity contribution in [1.29, 1.82) is 0 Å². The molecule has 0 N–H and O–H groups in total. The van der Waals surface area contributed by atoms with Crippen molar-refractivity contribution in [2.45, 2.75) is 12.2 Å². The maximum Gasteiger partial charge on any atom is 0.574 e. The molecule has 1 aromatic rings. The van der Waals surface area contributed by atoms with E-state index >= 15 is 0 Å². The molecule has 0 aliphatic heterocycles. The van der Waals surface area contributed by atoms with Gasteiger partial charge in [0.1, 0.15) is 0 Å². The van der Waals surface area contributed by atoms with Crippen LogP contribution in [0.2, 0.25) is 0 Å². The van der Waals surface area contributed by atoms with Gasteiger partial charge in [-0.3, -0.25) is 0 Å². The Labute approximate surface area is 103 Å². The van der Waals surface area contributed by atoms with E-state index < -0.39 is 35.6 Å². The molecule has 1 heterocycles. The number of esters is 1. The second-order valence-corrected chi connectivity index (χ2v) is 3.22. The molecular weight excluding hydrogens is 282 g/mol. The van der Waals surface area contributed by atoms with E-state index in [0.29, 0.717) is 6.07 Å². The second kappa shape index (κ2) is 5.38. The molecule has 4 nitrogen and oxygen atoms in total. The summed E-state index contributed by atoms with van der Waals surface area (Å²) >= 11 is 5.33. The van der Waals surface area contributed by atoms with Crippen molar-refractivity contribution in [3.05, 3.63) is 23.1 Å². The van der Waals surface area contributed by atoms with Crippen LogP contribution in [-0.4, -0.2) is 24.4 Å². The summed E-state index contributed by atoms with van der Waals surface area (Å²) < 4.78 is 57.2. The maximum absolute atomic E-state index is 13.3. The van der Waals surface area contributed by atoms with Gasteiger partial charge in [-0.15, -0.1) is 24.8 Å². The first kappa shape index (κ1) is 14.5. The molecule has 0 unspecified atom stereocenters. The largest absolute Gasteiger partial charge is 0.574 e. The van der Waals surface area contributed by atoms with Gasteiger partial charge in [-0.1, -0.05) is 0 Å². The van der Waals surface area contributed by atoms with E-state index in [0.717, 1.165) is 7.11 Å². The molecule has 0 amide bonds. The van der Waals surface area contributed by atoms with Crippen LogP contribution in [0.25, 0.3) is 0 Å². The zero-order valence-electron chi connectivity index (χ0n) is 8.85. The number of methoxy groups -OCH3 is 1. The number of hydrogen-bond acceptors (Lipinski definition) is 4. The van der Waals surface area contributed by atoms with Crippen molar-refractivity contribution in [3.8, 4) is 5.88 Å². The third-order valence-corrected chi connectivity index (χ3v) is 2.04. The molecule has 9 heteroatoms.